The number of pyridine rings is 1. The van der Waals surface area contributed by atoms with Gasteiger partial charge in [-0.3, -0.25) is 4.98 Å². The van der Waals surface area contributed by atoms with Crippen molar-refractivity contribution < 1.29 is 13.2 Å². The third-order valence-corrected chi connectivity index (χ3v) is 3.28. The Bertz CT molecular complexity index is 621. The summed E-state index contributed by atoms with van der Waals surface area (Å²) in [6.45, 7) is 3.63. The molecule has 1 nitrogen and oxygen atoms in total. The van der Waals surface area contributed by atoms with Crippen molar-refractivity contribution in [2.24, 2.45) is 0 Å². The van der Waals surface area contributed by atoms with E-state index in [0.717, 1.165) is 23.4 Å². The van der Waals surface area contributed by atoms with Crippen molar-refractivity contribution in [2.75, 3.05) is 0 Å². The molecule has 1 unspecified atom stereocenters. The summed E-state index contributed by atoms with van der Waals surface area (Å²) in [7, 11) is 0. The second-order valence-corrected chi connectivity index (χ2v) is 5.22. The third kappa shape index (κ3) is 3.12. The van der Waals surface area contributed by atoms with Crippen molar-refractivity contribution in [1.29, 1.82) is 0 Å². The maximum absolute atomic E-state index is 12.7. The van der Waals surface area contributed by atoms with Gasteiger partial charge in [-0.1, -0.05) is 18.2 Å². The van der Waals surface area contributed by atoms with E-state index in [1.54, 1.807) is 25.1 Å². The predicted octanol–water partition coefficient (Wildman–Crippen LogP) is 5.38. The van der Waals surface area contributed by atoms with Gasteiger partial charge in [-0.2, -0.15) is 13.2 Å². The minimum Gasteiger partial charge on any atom is -0.253 e. The van der Waals surface area contributed by atoms with Gasteiger partial charge in [-0.05, 0) is 37.6 Å². The summed E-state index contributed by atoms with van der Waals surface area (Å²) in [6.07, 6.45) is -4.35. The van der Waals surface area contributed by atoms with Crippen LogP contribution in [0.4, 0.5) is 13.2 Å². The maximum Gasteiger partial charge on any atom is 0.416 e. The summed E-state index contributed by atoms with van der Waals surface area (Å²) in [5, 5.41) is -0.182. The molecule has 20 heavy (non-hydrogen) atoms. The quantitative estimate of drug-likeness (QED) is 0.679. The molecular weight excluding hydrogens is 287 g/mol. The highest BCUT2D eigenvalue weighted by atomic mass is 35.5. The van der Waals surface area contributed by atoms with Crippen LogP contribution in [0, 0.1) is 6.92 Å². The Hall–Kier alpha value is -1.55. The van der Waals surface area contributed by atoms with Gasteiger partial charge in [0.15, 0.2) is 0 Å². The van der Waals surface area contributed by atoms with Gasteiger partial charge in [-0.15, -0.1) is 11.6 Å². The van der Waals surface area contributed by atoms with Crippen LogP contribution in [-0.2, 0) is 6.18 Å². The Morgan fingerprint density at radius 3 is 2.40 bits per heavy atom. The number of hydrogen-bond acceptors (Lipinski definition) is 1. The standard InChI is InChI=1S/C15H13ClF3N/c1-9(16)13-6-7-14(20-10(13)2)11-4-3-5-12(8-11)15(17,18)19/h3-9H,1-2H3. The number of nitrogens with zero attached hydrogens (tertiary/aromatic N) is 1. The molecule has 0 N–H and O–H groups in total. The molecule has 1 atom stereocenters. The van der Waals surface area contributed by atoms with E-state index in [0.29, 0.717) is 11.3 Å². The average molecular weight is 300 g/mol. The molecule has 2 aromatic rings. The van der Waals surface area contributed by atoms with Crippen LogP contribution in [0.25, 0.3) is 11.3 Å². The van der Waals surface area contributed by atoms with E-state index < -0.39 is 11.7 Å². The topological polar surface area (TPSA) is 12.9 Å². The van der Waals surface area contributed by atoms with Crippen molar-refractivity contribution in [2.45, 2.75) is 25.4 Å². The van der Waals surface area contributed by atoms with Crippen molar-refractivity contribution in [1.82, 2.24) is 4.98 Å². The van der Waals surface area contributed by atoms with Crippen molar-refractivity contribution in [3.8, 4) is 11.3 Å². The Labute approximate surface area is 120 Å². The van der Waals surface area contributed by atoms with Crippen molar-refractivity contribution >= 4 is 11.6 Å². The van der Waals surface area contributed by atoms with E-state index in [9.17, 15) is 13.2 Å². The summed E-state index contributed by atoms with van der Waals surface area (Å²) >= 11 is 6.00. The fourth-order valence-corrected chi connectivity index (χ4v) is 2.24. The molecule has 1 aromatic carbocycles. The van der Waals surface area contributed by atoms with Crippen molar-refractivity contribution in [3.05, 3.63) is 53.2 Å². The lowest BCUT2D eigenvalue weighted by molar-refractivity contribution is -0.137. The van der Waals surface area contributed by atoms with Crippen LogP contribution in [0.5, 0.6) is 0 Å². The summed E-state index contributed by atoms with van der Waals surface area (Å²) in [5.74, 6) is 0. The molecule has 5 heteroatoms. The molecule has 0 amide bonds. The van der Waals surface area contributed by atoms with Gasteiger partial charge in [0.25, 0.3) is 0 Å². The Balaban J connectivity index is 2.45. The van der Waals surface area contributed by atoms with Crippen LogP contribution >= 0.6 is 11.6 Å². The first-order valence-electron chi connectivity index (χ1n) is 6.08. The van der Waals surface area contributed by atoms with Crippen LogP contribution in [0.2, 0.25) is 0 Å². The molecule has 0 saturated carbocycles. The second-order valence-electron chi connectivity index (χ2n) is 4.57. The van der Waals surface area contributed by atoms with Gasteiger partial charge in [0.05, 0.1) is 16.6 Å². The van der Waals surface area contributed by atoms with Gasteiger partial charge in [-0.25, -0.2) is 0 Å². The molecule has 0 spiro atoms. The molecule has 0 radical (unpaired) electrons. The Kier molecular flexibility index (Phi) is 4.04. The minimum absolute atomic E-state index is 0.182. The molecule has 0 saturated heterocycles. The molecule has 0 aliphatic heterocycles. The first-order valence-corrected chi connectivity index (χ1v) is 6.52. The highest BCUT2D eigenvalue weighted by Gasteiger charge is 2.30. The zero-order valence-corrected chi connectivity index (χ0v) is 11.8. The third-order valence-electron chi connectivity index (χ3n) is 3.04. The molecule has 0 aliphatic carbocycles. The molecule has 2 rings (SSSR count). The van der Waals surface area contributed by atoms with Crippen LogP contribution in [-0.4, -0.2) is 4.98 Å². The summed E-state index contributed by atoms with van der Waals surface area (Å²) in [5.41, 5.74) is 1.88. The normalized spacial score (nSPS) is 13.3. The lowest BCUT2D eigenvalue weighted by Crippen LogP contribution is -2.04. The van der Waals surface area contributed by atoms with E-state index >= 15 is 0 Å². The van der Waals surface area contributed by atoms with Gasteiger partial charge >= 0.3 is 6.18 Å². The van der Waals surface area contributed by atoms with E-state index in [4.69, 9.17) is 11.6 Å². The zero-order chi connectivity index (χ0) is 14.9. The van der Waals surface area contributed by atoms with Crippen LogP contribution in [0.3, 0.4) is 0 Å². The Morgan fingerprint density at radius 2 is 1.85 bits per heavy atom. The molecule has 0 bridgehead atoms. The van der Waals surface area contributed by atoms with Crippen LogP contribution in [0.15, 0.2) is 36.4 Å². The maximum atomic E-state index is 12.7. The largest absolute Gasteiger partial charge is 0.416 e. The van der Waals surface area contributed by atoms with E-state index in [1.807, 2.05) is 6.92 Å². The number of benzene rings is 1. The fraction of sp³-hybridized carbons (Fsp3) is 0.267. The van der Waals surface area contributed by atoms with E-state index in [-0.39, 0.29) is 5.38 Å². The molecule has 106 valence electrons. The SMILES string of the molecule is Cc1nc(-c2cccc(C(F)(F)F)c2)ccc1C(C)Cl. The smallest absolute Gasteiger partial charge is 0.253 e. The number of hydrogen-bond donors (Lipinski definition) is 0. The predicted molar refractivity (Wildman–Crippen MR) is 73.7 cm³/mol. The van der Waals surface area contributed by atoms with Gasteiger partial charge in [0.2, 0.25) is 0 Å². The van der Waals surface area contributed by atoms with Crippen LogP contribution < -0.4 is 0 Å². The second kappa shape index (κ2) is 5.44. The molecule has 0 aliphatic rings. The zero-order valence-electron chi connectivity index (χ0n) is 11.0. The van der Waals surface area contributed by atoms with Crippen LogP contribution in [0.1, 0.15) is 29.1 Å². The molecule has 1 aromatic heterocycles. The molecule has 0 fully saturated rings. The lowest BCUT2D eigenvalue weighted by Gasteiger charge is -2.11. The number of halogens is 4. The molecular formula is C15H13ClF3N. The first-order chi connectivity index (χ1) is 9.29. The number of rotatable bonds is 2. The average Bonchev–Trinajstić information content (AvgIpc) is 2.37. The first kappa shape index (κ1) is 14.9. The number of aryl methyl sites for hydroxylation is 1. The van der Waals surface area contributed by atoms with Gasteiger partial charge in [0, 0.05) is 11.3 Å². The summed E-state index contributed by atoms with van der Waals surface area (Å²) in [6, 6.07) is 8.64. The fourth-order valence-electron chi connectivity index (χ4n) is 2.01. The highest BCUT2D eigenvalue weighted by Crippen LogP contribution is 2.32. The van der Waals surface area contributed by atoms with Gasteiger partial charge < -0.3 is 0 Å². The van der Waals surface area contributed by atoms with E-state index in [2.05, 4.69) is 4.98 Å². The van der Waals surface area contributed by atoms with Crippen molar-refractivity contribution in [3.63, 3.8) is 0 Å². The molecule has 1 heterocycles. The summed E-state index contributed by atoms with van der Waals surface area (Å²) in [4.78, 5) is 4.34. The lowest BCUT2D eigenvalue weighted by atomic mass is 10.0. The number of aromatic nitrogens is 1. The minimum atomic E-state index is -4.35. The summed E-state index contributed by atoms with van der Waals surface area (Å²) < 4.78 is 38.1. The Morgan fingerprint density at radius 1 is 1.15 bits per heavy atom. The highest BCUT2D eigenvalue weighted by molar-refractivity contribution is 6.20. The van der Waals surface area contributed by atoms with Gasteiger partial charge in [0.1, 0.15) is 0 Å². The monoisotopic (exact) mass is 299 g/mol. The number of alkyl halides is 4. The van der Waals surface area contributed by atoms with E-state index in [1.165, 1.54) is 6.07 Å².